The predicted octanol–water partition coefficient (Wildman–Crippen LogP) is 2.21. The monoisotopic (exact) mass is 364 g/mol. The molecule has 0 bridgehead atoms. The molecule has 1 aliphatic heterocycles. The average molecular weight is 364 g/mol. The van der Waals surface area contributed by atoms with Gasteiger partial charge in [0.1, 0.15) is 5.56 Å². The largest absolute Gasteiger partial charge is 0.345 e. The third kappa shape index (κ3) is 3.55. The Kier molecular flexibility index (Phi) is 4.85. The minimum absolute atomic E-state index is 0.0727. The Balaban J connectivity index is 1.59. The third-order valence-electron chi connectivity index (χ3n) is 5.12. The van der Waals surface area contributed by atoms with Crippen molar-refractivity contribution < 1.29 is 4.79 Å². The van der Waals surface area contributed by atoms with Crippen molar-refractivity contribution in [2.45, 2.75) is 25.3 Å². The van der Waals surface area contributed by atoms with Crippen molar-refractivity contribution >= 4 is 11.6 Å². The van der Waals surface area contributed by atoms with E-state index in [1.54, 1.807) is 37.6 Å². The molecule has 3 aromatic heterocycles. The fraction of sp³-hybridized carbons (Fsp3) is 0.400. The van der Waals surface area contributed by atoms with Crippen LogP contribution in [0, 0.1) is 0 Å². The molecule has 140 valence electrons. The van der Waals surface area contributed by atoms with Crippen molar-refractivity contribution in [2.75, 3.05) is 27.2 Å². The van der Waals surface area contributed by atoms with Gasteiger partial charge in [-0.05, 0) is 37.1 Å². The van der Waals surface area contributed by atoms with E-state index in [-0.39, 0.29) is 5.91 Å². The molecule has 0 spiro atoms. The molecule has 0 saturated carbocycles. The second kappa shape index (κ2) is 7.44. The van der Waals surface area contributed by atoms with E-state index in [4.69, 9.17) is 0 Å². The second-order valence-corrected chi connectivity index (χ2v) is 7.30. The Morgan fingerprint density at radius 1 is 1.26 bits per heavy atom. The van der Waals surface area contributed by atoms with Gasteiger partial charge in [-0.15, -0.1) is 0 Å². The zero-order chi connectivity index (χ0) is 18.8. The van der Waals surface area contributed by atoms with E-state index in [1.807, 2.05) is 22.8 Å². The lowest BCUT2D eigenvalue weighted by molar-refractivity contribution is 0.0829. The number of aromatic nitrogens is 4. The number of hydrogen-bond donors (Lipinski definition) is 0. The number of carbonyl (C=O) groups excluding carboxylic acids is 1. The lowest BCUT2D eigenvalue weighted by Gasteiger charge is -2.32. The van der Waals surface area contributed by atoms with Crippen molar-refractivity contribution in [2.24, 2.45) is 0 Å². The Morgan fingerprint density at radius 2 is 2.15 bits per heavy atom. The van der Waals surface area contributed by atoms with E-state index >= 15 is 0 Å². The first-order valence-electron chi connectivity index (χ1n) is 9.29. The van der Waals surface area contributed by atoms with E-state index in [0.29, 0.717) is 17.1 Å². The van der Waals surface area contributed by atoms with E-state index in [2.05, 4.69) is 26.0 Å². The van der Waals surface area contributed by atoms with Gasteiger partial charge in [-0.2, -0.15) is 5.10 Å². The van der Waals surface area contributed by atoms with E-state index in [1.165, 1.54) is 5.56 Å². The van der Waals surface area contributed by atoms with Gasteiger partial charge in [0.05, 0.1) is 11.9 Å². The second-order valence-electron chi connectivity index (χ2n) is 7.30. The van der Waals surface area contributed by atoms with Crippen LogP contribution in [0.2, 0.25) is 0 Å². The highest BCUT2D eigenvalue weighted by atomic mass is 16.2. The Bertz CT molecular complexity index is 936. The smallest absolute Gasteiger partial charge is 0.258 e. The third-order valence-corrected chi connectivity index (χ3v) is 5.12. The summed E-state index contributed by atoms with van der Waals surface area (Å²) >= 11 is 0. The molecule has 0 unspecified atom stereocenters. The molecule has 0 aromatic carbocycles. The number of rotatable bonds is 4. The molecule has 0 aliphatic carbocycles. The molecule has 1 amide bonds. The summed E-state index contributed by atoms with van der Waals surface area (Å²) in [6.45, 7) is 2.95. The number of pyridine rings is 1. The molecule has 7 heteroatoms. The van der Waals surface area contributed by atoms with Crippen LogP contribution in [-0.4, -0.2) is 62.5 Å². The number of likely N-dealkylation sites (tertiary alicyclic amines) is 1. The zero-order valence-electron chi connectivity index (χ0n) is 15.7. The lowest BCUT2D eigenvalue weighted by Crippen LogP contribution is -2.34. The summed E-state index contributed by atoms with van der Waals surface area (Å²) in [5, 5.41) is 4.48. The molecule has 27 heavy (non-hydrogen) atoms. The Morgan fingerprint density at radius 3 is 2.93 bits per heavy atom. The van der Waals surface area contributed by atoms with Crippen LogP contribution in [0.15, 0.2) is 43.0 Å². The summed E-state index contributed by atoms with van der Waals surface area (Å²) in [5.74, 6) is 0.291. The van der Waals surface area contributed by atoms with E-state index in [9.17, 15) is 4.79 Å². The van der Waals surface area contributed by atoms with Gasteiger partial charge in [-0.3, -0.25) is 14.7 Å². The van der Waals surface area contributed by atoms with Crippen LogP contribution in [0.25, 0.3) is 5.65 Å². The molecule has 4 rings (SSSR count). The fourth-order valence-electron chi connectivity index (χ4n) is 3.80. The highest BCUT2D eigenvalue weighted by molar-refractivity contribution is 5.99. The molecule has 0 N–H and O–H groups in total. The van der Waals surface area contributed by atoms with Crippen molar-refractivity contribution in [1.82, 2.24) is 29.4 Å². The van der Waals surface area contributed by atoms with Crippen molar-refractivity contribution in [3.8, 4) is 0 Å². The fourth-order valence-corrected chi connectivity index (χ4v) is 3.80. The quantitative estimate of drug-likeness (QED) is 0.710. The van der Waals surface area contributed by atoms with Crippen LogP contribution >= 0.6 is 0 Å². The number of hydrogen-bond acceptors (Lipinski definition) is 5. The molecule has 7 nitrogen and oxygen atoms in total. The molecule has 1 atom stereocenters. The summed E-state index contributed by atoms with van der Waals surface area (Å²) in [7, 11) is 3.49. The summed E-state index contributed by atoms with van der Waals surface area (Å²) in [6, 6.07) is 6.13. The molecule has 4 heterocycles. The first-order valence-corrected chi connectivity index (χ1v) is 9.29. The molecular formula is C20H24N6O. The number of carbonyl (C=O) groups is 1. The van der Waals surface area contributed by atoms with Gasteiger partial charge < -0.3 is 4.90 Å². The van der Waals surface area contributed by atoms with Gasteiger partial charge in [0.25, 0.3) is 5.91 Å². The molecule has 3 aromatic rings. The van der Waals surface area contributed by atoms with E-state index in [0.717, 1.165) is 38.2 Å². The number of amides is 1. The number of nitrogens with zero attached hydrogens (tertiary/aromatic N) is 6. The Hall–Kier alpha value is -2.80. The minimum atomic E-state index is -0.0727. The topological polar surface area (TPSA) is 66.6 Å². The van der Waals surface area contributed by atoms with Crippen molar-refractivity contribution in [3.63, 3.8) is 0 Å². The SMILES string of the molecule is CN(C)C(=O)c1cnn2c([C@H]3CCCN(Cc4cccnc4)C3)ccnc12. The van der Waals surface area contributed by atoms with E-state index < -0.39 is 0 Å². The maximum absolute atomic E-state index is 12.4. The number of fused-ring (bicyclic) bond motifs is 1. The van der Waals surface area contributed by atoms with Gasteiger partial charge in [-0.1, -0.05) is 6.07 Å². The van der Waals surface area contributed by atoms with Gasteiger partial charge in [-0.25, -0.2) is 9.50 Å². The summed E-state index contributed by atoms with van der Waals surface area (Å²) in [5.41, 5.74) is 3.53. The van der Waals surface area contributed by atoms with Gasteiger partial charge in [0, 0.05) is 51.7 Å². The van der Waals surface area contributed by atoms with Crippen LogP contribution in [0.3, 0.4) is 0 Å². The molecule has 1 saturated heterocycles. The lowest BCUT2D eigenvalue weighted by atomic mass is 9.94. The first kappa shape index (κ1) is 17.6. The zero-order valence-corrected chi connectivity index (χ0v) is 15.7. The van der Waals surface area contributed by atoms with Crippen LogP contribution in [0.1, 0.15) is 40.4 Å². The standard InChI is InChI=1S/C20H24N6O/c1-24(2)20(27)17-12-23-26-18(7-9-22-19(17)26)16-6-4-10-25(14-16)13-15-5-3-8-21-11-15/h3,5,7-9,11-12,16H,4,6,10,13-14H2,1-2H3/t16-/m0/s1. The Labute approximate surface area is 158 Å². The summed E-state index contributed by atoms with van der Waals surface area (Å²) < 4.78 is 1.84. The van der Waals surface area contributed by atoms with Crippen LogP contribution in [0.4, 0.5) is 0 Å². The minimum Gasteiger partial charge on any atom is -0.345 e. The maximum Gasteiger partial charge on any atom is 0.258 e. The summed E-state index contributed by atoms with van der Waals surface area (Å²) in [4.78, 5) is 25.0. The normalized spacial score (nSPS) is 17.9. The molecule has 1 fully saturated rings. The van der Waals surface area contributed by atoms with Crippen LogP contribution < -0.4 is 0 Å². The van der Waals surface area contributed by atoms with Gasteiger partial charge in [0.15, 0.2) is 5.65 Å². The predicted molar refractivity (Wildman–Crippen MR) is 102 cm³/mol. The maximum atomic E-state index is 12.4. The number of piperidine rings is 1. The van der Waals surface area contributed by atoms with Crippen LogP contribution in [-0.2, 0) is 6.54 Å². The first-order chi connectivity index (χ1) is 13.1. The van der Waals surface area contributed by atoms with Crippen LogP contribution in [0.5, 0.6) is 0 Å². The highest BCUT2D eigenvalue weighted by Crippen LogP contribution is 2.28. The molecular weight excluding hydrogens is 340 g/mol. The average Bonchev–Trinajstić information content (AvgIpc) is 3.12. The molecule has 0 radical (unpaired) electrons. The van der Waals surface area contributed by atoms with Crippen molar-refractivity contribution in [1.29, 1.82) is 0 Å². The van der Waals surface area contributed by atoms with Gasteiger partial charge in [0.2, 0.25) is 0 Å². The molecule has 1 aliphatic rings. The summed E-state index contributed by atoms with van der Waals surface area (Å²) in [6.07, 6.45) is 9.41. The van der Waals surface area contributed by atoms with Crippen molar-refractivity contribution in [3.05, 3.63) is 59.8 Å². The highest BCUT2D eigenvalue weighted by Gasteiger charge is 2.25. The van der Waals surface area contributed by atoms with Gasteiger partial charge >= 0.3 is 0 Å².